The van der Waals surface area contributed by atoms with Crippen LogP contribution in [-0.2, 0) is 7.05 Å². The number of nitrogens with one attached hydrogen (secondary N) is 1. The minimum atomic E-state index is -0.118. The van der Waals surface area contributed by atoms with Crippen molar-refractivity contribution in [2.45, 2.75) is 18.9 Å². The Hall–Kier alpha value is -2.31. The third kappa shape index (κ3) is 2.71. The molecule has 130 valence electrons. The molecule has 3 aromatic rings. The van der Waals surface area contributed by atoms with E-state index >= 15 is 0 Å². The van der Waals surface area contributed by atoms with Crippen molar-refractivity contribution >= 4 is 28.4 Å². The van der Waals surface area contributed by atoms with Crippen molar-refractivity contribution in [2.24, 2.45) is 12.8 Å². The topological polar surface area (TPSA) is 79.9 Å². The molecule has 1 aliphatic heterocycles. The zero-order valence-electron chi connectivity index (χ0n) is 14.2. The van der Waals surface area contributed by atoms with Crippen LogP contribution < -0.4 is 5.73 Å². The second kappa shape index (κ2) is 5.89. The fraction of sp³-hybridized carbons (Fsp3) is 0.333. The van der Waals surface area contributed by atoms with Gasteiger partial charge in [0.2, 0.25) is 0 Å². The van der Waals surface area contributed by atoms with Gasteiger partial charge < -0.3 is 20.2 Å². The lowest BCUT2D eigenvalue weighted by Gasteiger charge is -2.16. The van der Waals surface area contributed by atoms with Crippen LogP contribution in [0.5, 0.6) is 0 Å². The summed E-state index contributed by atoms with van der Waals surface area (Å²) in [4.78, 5) is 22.7. The normalized spacial score (nSPS) is 20.6. The molecule has 6 nitrogen and oxygen atoms in total. The van der Waals surface area contributed by atoms with Gasteiger partial charge in [0, 0.05) is 59.9 Å². The molecule has 1 saturated heterocycles. The molecule has 1 aliphatic rings. The Kier molecular flexibility index (Phi) is 3.81. The number of aryl methyl sites for hydroxylation is 2. The Morgan fingerprint density at radius 2 is 2.20 bits per heavy atom. The minimum Gasteiger partial charge on any atom is -0.358 e. The number of fused-ring (bicyclic) bond motifs is 1. The molecule has 2 atom stereocenters. The summed E-state index contributed by atoms with van der Waals surface area (Å²) in [5, 5.41) is 1.47. The van der Waals surface area contributed by atoms with E-state index in [0.717, 1.165) is 22.3 Å². The Morgan fingerprint density at radius 3 is 2.92 bits per heavy atom. The Labute approximate surface area is 150 Å². The number of carbonyl (C=O) groups excluding carboxylic acids is 1. The quantitative estimate of drug-likeness (QED) is 0.739. The van der Waals surface area contributed by atoms with Gasteiger partial charge in [-0.25, -0.2) is 4.98 Å². The molecule has 1 amide bonds. The van der Waals surface area contributed by atoms with E-state index in [1.165, 1.54) is 0 Å². The molecule has 1 aromatic carbocycles. The SMILES string of the molecule is Cc1[nH]c2ccc(Cl)cc2c1C(=O)N1C[C@@H](N)[C@H](c2cn(C)cn2)C1. The van der Waals surface area contributed by atoms with Crippen LogP contribution in [0, 0.1) is 6.92 Å². The summed E-state index contributed by atoms with van der Waals surface area (Å²) in [7, 11) is 1.93. The lowest BCUT2D eigenvalue weighted by molar-refractivity contribution is 0.0790. The van der Waals surface area contributed by atoms with Gasteiger partial charge in [-0.15, -0.1) is 0 Å². The molecule has 0 radical (unpaired) electrons. The van der Waals surface area contributed by atoms with Gasteiger partial charge in [-0.2, -0.15) is 0 Å². The summed E-state index contributed by atoms with van der Waals surface area (Å²) in [5.74, 6) is 0.0409. The fourth-order valence-electron chi connectivity index (χ4n) is 3.66. The first-order chi connectivity index (χ1) is 11.9. The van der Waals surface area contributed by atoms with Gasteiger partial charge in [-0.05, 0) is 25.1 Å². The van der Waals surface area contributed by atoms with E-state index in [-0.39, 0.29) is 17.9 Å². The number of H-pyrrole nitrogens is 1. The highest BCUT2D eigenvalue weighted by atomic mass is 35.5. The highest BCUT2D eigenvalue weighted by Gasteiger charge is 2.36. The minimum absolute atomic E-state index is 0.0140. The number of amides is 1. The van der Waals surface area contributed by atoms with Crippen molar-refractivity contribution in [3.05, 3.63) is 52.7 Å². The lowest BCUT2D eigenvalue weighted by Crippen LogP contribution is -2.32. The maximum Gasteiger partial charge on any atom is 0.256 e. The van der Waals surface area contributed by atoms with Crippen LogP contribution in [0.3, 0.4) is 0 Å². The average Bonchev–Trinajstić information content (AvgIpc) is 3.23. The van der Waals surface area contributed by atoms with Crippen molar-refractivity contribution in [3.8, 4) is 0 Å². The maximum absolute atomic E-state index is 13.2. The van der Waals surface area contributed by atoms with E-state index in [1.807, 2.05) is 47.8 Å². The number of rotatable bonds is 2. The van der Waals surface area contributed by atoms with Gasteiger partial charge in [0.15, 0.2) is 0 Å². The molecule has 4 rings (SSSR count). The molecular formula is C18H20ClN5O. The number of aromatic nitrogens is 3. The van der Waals surface area contributed by atoms with Crippen molar-refractivity contribution in [2.75, 3.05) is 13.1 Å². The Bertz CT molecular complexity index is 960. The number of nitrogens with zero attached hydrogens (tertiary/aromatic N) is 3. The number of aromatic amines is 1. The summed E-state index contributed by atoms with van der Waals surface area (Å²) >= 11 is 6.12. The van der Waals surface area contributed by atoms with Gasteiger partial charge in [-0.3, -0.25) is 4.79 Å². The van der Waals surface area contributed by atoms with Gasteiger partial charge in [0.05, 0.1) is 17.6 Å². The molecular weight excluding hydrogens is 338 g/mol. The number of benzene rings is 1. The molecule has 3 N–H and O–H groups in total. The molecule has 0 aliphatic carbocycles. The first-order valence-electron chi connectivity index (χ1n) is 8.24. The average molecular weight is 358 g/mol. The first-order valence-corrected chi connectivity index (χ1v) is 8.62. The van der Waals surface area contributed by atoms with E-state index in [0.29, 0.717) is 23.7 Å². The fourth-order valence-corrected chi connectivity index (χ4v) is 3.84. The van der Waals surface area contributed by atoms with Crippen LogP contribution in [0.1, 0.15) is 27.7 Å². The van der Waals surface area contributed by atoms with Crippen molar-refractivity contribution in [3.63, 3.8) is 0 Å². The Morgan fingerprint density at radius 1 is 1.40 bits per heavy atom. The van der Waals surface area contributed by atoms with Crippen molar-refractivity contribution in [1.82, 2.24) is 19.4 Å². The number of nitrogens with two attached hydrogens (primary N) is 1. The monoisotopic (exact) mass is 357 g/mol. The molecule has 3 heterocycles. The second-order valence-corrected chi connectivity index (χ2v) is 7.20. The molecule has 0 spiro atoms. The molecule has 1 fully saturated rings. The van der Waals surface area contributed by atoms with Crippen LogP contribution in [0.4, 0.5) is 0 Å². The summed E-state index contributed by atoms with van der Waals surface area (Å²) in [6.45, 7) is 3.00. The van der Waals surface area contributed by atoms with Crippen LogP contribution in [0.15, 0.2) is 30.7 Å². The van der Waals surface area contributed by atoms with Crippen LogP contribution >= 0.6 is 11.6 Å². The third-order valence-electron chi connectivity index (χ3n) is 4.92. The van der Waals surface area contributed by atoms with E-state index in [2.05, 4.69) is 9.97 Å². The predicted molar refractivity (Wildman–Crippen MR) is 97.9 cm³/mol. The van der Waals surface area contributed by atoms with Crippen molar-refractivity contribution in [1.29, 1.82) is 0 Å². The Balaban J connectivity index is 1.66. The van der Waals surface area contributed by atoms with Crippen LogP contribution in [0.2, 0.25) is 5.02 Å². The number of halogens is 1. The molecule has 2 aromatic heterocycles. The van der Waals surface area contributed by atoms with Crippen molar-refractivity contribution < 1.29 is 4.79 Å². The van der Waals surface area contributed by atoms with Gasteiger partial charge >= 0.3 is 0 Å². The zero-order valence-corrected chi connectivity index (χ0v) is 14.9. The van der Waals surface area contributed by atoms with E-state index in [4.69, 9.17) is 17.3 Å². The molecule has 0 saturated carbocycles. The standard InChI is InChI=1S/C18H20ClN5O/c1-10-17(12-5-11(19)3-4-15(12)22-10)18(25)24-6-13(14(20)7-24)16-8-23(2)9-21-16/h3-5,8-9,13-14,22H,6-7,20H2,1-2H3/t13-,14-/m1/s1. The smallest absolute Gasteiger partial charge is 0.256 e. The van der Waals surface area contributed by atoms with Gasteiger partial charge in [0.1, 0.15) is 0 Å². The van der Waals surface area contributed by atoms with Gasteiger partial charge in [-0.1, -0.05) is 11.6 Å². The molecule has 25 heavy (non-hydrogen) atoms. The molecule has 0 bridgehead atoms. The maximum atomic E-state index is 13.2. The molecule has 7 heteroatoms. The number of hydrogen-bond donors (Lipinski definition) is 2. The summed E-state index contributed by atoms with van der Waals surface area (Å²) in [5.41, 5.74) is 9.67. The van der Waals surface area contributed by atoms with Crippen LogP contribution in [-0.4, -0.2) is 44.5 Å². The number of carbonyl (C=O) groups is 1. The van der Waals surface area contributed by atoms with E-state index in [9.17, 15) is 4.79 Å². The van der Waals surface area contributed by atoms with E-state index < -0.39 is 0 Å². The second-order valence-electron chi connectivity index (χ2n) is 6.76. The highest BCUT2D eigenvalue weighted by Crippen LogP contribution is 2.30. The first kappa shape index (κ1) is 16.2. The summed E-state index contributed by atoms with van der Waals surface area (Å²) in [6.07, 6.45) is 3.73. The summed E-state index contributed by atoms with van der Waals surface area (Å²) in [6, 6.07) is 5.43. The predicted octanol–water partition coefficient (Wildman–Crippen LogP) is 2.43. The zero-order chi connectivity index (χ0) is 17.7. The highest BCUT2D eigenvalue weighted by molar-refractivity contribution is 6.31. The van der Waals surface area contributed by atoms with Gasteiger partial charge in [0.25, 0.3) is 5.91 Å². The summed E-state index contributed by atoms with van der Waals surface area (Å²) < 4.78 is 1.90. The largest absolute Gasteiger partial charge is 0.358 e. The number of imidazole rings is 1. The number of hydrogen-bond acceptors (Lipinski definition) is 3. The number of likely N-dealkylation sites (tertiary alicyclic amines) is 1. The van der Waals surface area contributed by atoms with E-state index in [1.54, 1.807) is 6.33 Å². The lowest BCUT2D eigenvalue weighted by atomic mass is 10.0. The van der Waals surface area contributed by atoms with Crippen LogP contribution in [0.25, 0.3) is 10.9 Å². The third-order valence-corrected chi connectivity index (χ3v) is 5.15. The molecule has 0 unspecified atom stereocenters.